The van der Waals surface area contributed by atoms with Gasteiger partial charge in [0.25, 0.3) is 0 Å². The predicted molar refractivity (Wildman–Crippen MR) is 136 cm³/mol. The zero-order chi connectivity index (χ0) is 24.2. The Kier molecular flexibility index (Phi) is 7.17. The van der Waals surface area contributed by atoms with Gasteiger partial charge in [-0.25, -0.2) is 4.79 Å². The number of fused-ring (bicyclic) bond motifs is 3. The molecule has 0 spiro atoms. The van der Waals surface area contributed by atoms with Gasteiger partial charge in [0.2, 0.25) is 11.8 Å². The summed E-state index contributed by atoms with van der Waals surface area (Å²) in [5, 5.41) is 3.74. The maximum atomic E-state index is 13.6. The van der Waals surface area contributed by atoms with Crippen LogP contribution in [-0.2, 0) is 33.7 Å². The fourth-order valence-electron chi connectivity index (χ4n) is 4.52. The van der Waals surface area contributed by atoms with Crippen LogP contribution in [0, 0.1) is 0 Å². The van der Waals surface area contributed by atoms with E-state index in [0.717, 1.165) is 47.2 Å². The third-order valence-corrected chi connectivity index (χ3v) is 7.21. The molecule has 1 N–H and O–H groups in total. The minimum absolute atomic E-state index is 0.0631. The van der Waals surface area contributed by atoms with Crippen LogP contribution in [0.1, 0.15) is 47.6 Å². The highest BCUT2D eigenvalue weighted by atomic mass is 32.1. The summed E-state index contributed by atoms with van der Waals surface area (Å²) in [6.07, 6.45) is 5.68. The molecule has 0 radical (unpaired) electrons. The van der Waals surface area contributed by atoms with E-state index in [1.807, 2.05) is 30.3 Å². The van der Waals surface area contributed by atoms with Gasteiger partial charge in [0.15, 0.2) is 5.69 Å². The fraction of sp³-hybridized carbons (Fsp3) is 0.346. The van der Waals surface area contributed by atoms with Gasteiger partial charge in [-0.15, -0.1) is 17.9 Å². The number of nitrogens with one attached hydrogen (secondary N) is 1. The van der Waals surface area contributed by atoms with Crippen LogP contribution in [0.2, 0.25) is 0 Å². The molecule has 7 nitrogen and oxygen atoms in total. The monoisotopic (exact) mass is 479 g/mol. The van der Waals surface area contributed by atoms with E-state index in [1.165, 1.54) is 11.8 Å². The summed E-state index contributed by atoms with van der Waals surface area (Å²) in [5.41, 5.74) is 2.58. The Morgan fingerprint density at radius 2 is 1.94 bits per heavy atom. The lowest BCUT2D eigenvalue weighted by Gasteiger charge is -2.22. The Morgan fingerprint density at radius 1 is 1.21 bits per heavy atom. The lowest BCUT2D eigenvalue weighted by atomic mass is 9.96. The number of rotatable bonds is 8. The summed E-state index contributed by atoms with van der Waals surface area (Å²) in [6, 6.07) is 9.37. The van der Waals surface area contributed by atoms with E-state index in [9.17, 15) is 14.4 Å². The molecule has 1 aliphatic carbocycles. The van der Waals surface area contributed by atoms with Crippen molar-refractivity contribution in [3.8, 4) is 0 Å². The summed E-state index contributed by atoms with van der Waals surface area (Å²) in [5.74, 6) is -1.01. The van der Waals surface area contributed by atoms with E-state index >= 15 is 0 Å². The molecule has 3 aromatic rings. The molecule has 2 amide bonds. The summed E-state index contributed by atoms with van der Waals surface area (Å²) in [6.45, 7) is 7.41. The Labute approximate surface area is 203 Å². The first-order valence-corrected chi connectivity index (χ1v) is 12.4. The van der Waals surface area contributed by atoms with E-state index in [2.05, 4.69) is 11.9 Å². The van der Waals surface area contributed by atoms with Crippen LogP contribution in [0.3, 0.4) is 0 Å². The summed E-state index contributed by atoms with van der Waals surface area (Å²) in [7, 11) is 0. The van der Waals surface area contributed by atoms with Gasteiger partial charge in [0.1, 0.15) is 11.4 Å². The van der Waals surface area contributed by atoms with Crippen LogP contribution in [0.4, 0.5) is 11.4 Å². The predicted octanol–water partition coefficient (Wildman–Crippen LogP) is 4.94. The van der Waals surface area contributed by atoms with Crippen LogP contribution in [0.15, 0.2) is 43.0 Å². The molecule has 1 aliphatic rings. The van der Waals surface area contributed by atoms with Gasteiger partial charge in [0.05, 0.1) is 12.3 Å². The first-order valence-electron chi connectivity index (χ1n) is 11.5. The molecule has 0 atom stereocenters. The average Bonchev–Trinajstić information content (AvgIpc) is 3.33. The van der Waals surface area contributed by atoms with Gasteiger partial charge < -0.3 is 19.5 Å². The first kappa shape index (κ1) is 23.8. The van der Waals surface area contributed by atoms with Gasteiger partial charge in [-0.05, 0) is 50.3 Å². The molecule has 8 heteroatoms. The molecule has 0 bridgehead atoms. The zero-order valence-electron chi connectivity index (χ0n) is 19.6. The fourth-order valence-corrected chi connectivity index (χ4v) is 5.92. The molecule has 0 fully saturated rings. The molecule has 1 aromatic carbocycles. The number of ether oxygens (including phenoxy) is 1. The van der Waals surface area contributed by atoms with Crippen LogP contribution in [0.25, 0.3) is 10.2 Å². The van der Waals surface area contributed by atoms with Crippen molar-refractivity contribution in [3.05, 3.63) is 59.1 Å². The van der Waals surface area contributed by atoms with Gasteiger partial charge in [-0.2, -0.15) is 0 Å². The Balaban J connectivity index is 1.87. The SMILES string of the molecule is C=CCN(C(=O)Cn1c(C(=O)OCC)c(NC(C)=O)c2c3c(sc21)CCCC3)c1ccccc1. The third-order valence-electron chi connectivity index (χ3n) is 5.90. The Hall–Kier alpha value is -3.39. The average molecular weight is 480 g/mol. The van der Waals surface area contributed by atoms with Crippen molar-refractivity contribution in [1.29, 1.82) is 0 Å². The number of nitrogens with zero attached hydrogens (tertiary/aromatic N) is 2. The molecule has 0 unspecified atom stereocenters. The normalized spacial score (nSPS) is 12.8. The lowest BCUT2D eigenvalue weighted by molar-refractivity contribution is -0.119. The van der Waals surface area contributed by atoms with Crippen LogP contribution in [0.5, 0.6) is 0 Å². The van der Waals surface area contributed by atoms with Crippen molar-refractivity contribution in [3.63, 3.8) is 0 Å². The molecule has 0 aliphatic heterocycles. The van der Waals surface area contributed by atoms with E-state index < -0.39 is 5.97 Å². The number of thiophene rings is 1. The van der Waals surface area contributed by atoms with E-state index in [-0.39, 0.29) is 30.7 Å². The van der Waals surface area contributed by atoms with Crippen molar-refractivity contribution in [1.82, 2.24) is 4.57 Å². The van der Waals surface area contributed by atoms with Gasteiger partial charge in [-0.3, -0.25) is 9.59 Å². The summed E-state index contributed by atoms with van der Waals surface area (Å²) < 4.78 is 7.09. The number of aryl methyl sites for hydroxylation is 2. The molecule has 2 aromatic heterocycles. The van der Waals surface area contributed by atoms with Gasteiger partial charge >= 0.3 is 5.97 Å². The number of aromatic nitrogens is 1. The van der Waals surface area contributed by atoms with E-state index in [4.69, 9.17) is 4.74 Å². The number of esters is 1. The van der Waals surface area contributed by atoms with Crippen molar-refractivity contribution in [2.24, 2.45) is 0 Å². The molecule has 178 valence electrons. The molecule has 0 saturated heterocycles. The number of para-hydroxylation sites is 1. The molecule has 34 heavy (non-hydrogen) atoms. The van der Waals surface area contributed by atoms with Gasteiger partial charge in [-0.1, -0.05) is 24.3 Å². The summed E-state index contributed by atoms with van der Waals surface area (Å²) >= 11 is 1.60. The Morgan fingerprint density at radius 3 is 2.62 bits per heavy atom. The van der Waals surface area contributed by atoms with Crippen LogP contribution < -0.4 is 10.2 Å². The van der Waals surface area contributed by atoms with Crippen LogP contribution in [-0.4, -0.2) is 35.5 Å². The molecule has 2 heterocycles. The number of hydrogen-bond donors (Lipinski definition) is 1. The number of benzene rings is 1. The number of carbonyl (C=O) groups is 3. The minimum atomic E-state index is -0.554. The van der Waals surface area contributed by atoms with E-state index in [1.54, 1.807) is 33.8 Å². The topological polar surface area (TPSA) is 80.6 Å². The molecule has 0 saturated carbocycles. The van der Waals surface area contributed by atoms with Crippen molar-refractivity contribution in [2.75, 3.05) is 23.4 Å². The van der Waals surface area contributed by atoms with Gasteiger partial charge in [0, 0.05) is 29.4 Å². The minimum Gasteiger partial charge on any atom is -0.461 e. The second-order valence-corrected chi connectivity index (χ2v) is 9.31. The highest BCUT2D eigenvalue weighted by Gasteiger charge is 2.32. The highest BCUT2D eigenvalue weighted by molar-refractivity contribution is 7.19. The maximum Gasteiger partial charge on any atom is 0.357 e. The second-order valence-electron chi connectivity index (χ2n) is 8.23. The number of amides is 2. The number of carbonyl (C=O) groups excluding carboxylic acids is 3. The molecular weight excluding hydrogens is 450 g/mol. The third kappa shape index (κ3) is 4.50. The highest BCUT2D eigenvalue weighted by Crippen LogP contribution is 2.44. The van der Waals surface area contributed by atoms with Crippen molar-refractivity contribution < 1.29 is 19.1 Å². The number of anilines is 2. The quantitative estimate of drug-likeness (QED) is 0.367. The Bertz CT molecular complexity index is 1240. The molecular formula is C26H29N3O4S. The molecule has 4 rings (SSSR count). The smallest absolute Gasteiger partial charge is 0.357 e. The largest absolute Gasteiger partial charge is 0.461 e. The van der Waals surface area contributed by atoms with Crippen LogP contribution >= 0.6 is 11.3 Å². The van der Waals surface area contributed by atoms with E-state index in [0.29, 0.717) is 12.2 Å². The standard InChI is InChI=1S/C26H29N3O4S/c1-4-15-28(18-11-7-6-8-12-18)21(31)16-29-24(26(32)33-5-2)23(27-17(3)30)22-19-13-9-10-14-20(19)34-25(22)29/h4,6-8,11-12H,1,5,9-10,13-16H2,2-3H3,(H,27,30). The number of hydrogen-bond acceptors (Lipinski definition) is 5. The zero-order valence-corrected chi connectivity index (χ0v) is 20.4. The summed E-state index contributed by atoms with van der Waals surface area (Å²) in [4.78, 5) is 42.5. The lowest BCUT2D eigenvalue weighted by Crippen LogP contribution is -2.34. The first-order chi connectivity index (χ1) is 16.5. The van der Waals surface area contributed by atoms with Crippen molar-refractivity contribution >= 4 is 50.7 Å². The maximum absolute atomic E-state index is 13.6. The van der Waals surface area contributed by atoms with Crippen molar-refractivity contribution in [2.45, 2.75) is 46.1 Å². The second kappa shape index (κ2) is 10.3.